The van der Waals surface area contributed by atoms with Crippen molar-refractivity contribution in [1.82, 2.24) is 0 Å². The highest BCUT2D eigenvalue weighted by Crippen LogP contribution is 2.34. The largest absolute Gasteiger partial charge is 0.482 e. The van der Waals surface area contributed by atoms with Gasteiger partial charge in [-0.25, -0.2) is 8.42 Å². The van der Waals surface area contributed by atoms with Crippen LogP contribution in [0.1, 0.15) is 17.5 Å². The first-order chi connectivity index (χ1) is 12.8. The zero-order valence-corrected chi connectivity index (χ0v) is 15.3. The quantitative estimate of drug-likeness (QED) is 0.746. The Morgan fingerprint density at radius 1 is 1.00 bits per heavy atom. The maximum atomic E-state index is 12.9. The van der Waals surface area contributed by atoms with Gasteiger partial charge in [0, 0.05) is 12.1 Å². The van der Waals surface area contributed by atoms with Gasteiger partial charge in [0.15, 0.2) is 6.61 Å². The molecule has 0 bridgehead atoms. The number of sulfonamides is 1. The van der Waals surface area contributed by atoms with Crippen molar-refractivity contribution in [3.8, 4) is 5.75 Å². The Hall–Kier alpha value is -3.07. The van der Waals surface area contributed by atoms with Crippen molar-refractivity contribution in [2.75, 3.05) is 22.0 Å². The molecule has 0 spiro atoms. The molecule has 2 heterocycles. The number of aryl methyl sites for hydroxylation is 2. The number of carbonyl (C=O) groups is 2. The molecule has 0 fully saturated rings. The molecule has 27 heavy (non-hydrogen) atoms. The predicted molar refractivity (Wildman–Crippen MR) is 99.5 cm³/mol. The van der Waals surface area contributed by atoms with Crippen molar-refractivity contribution in [2.45, 2.75) is 24.7 Å². The summed E-state index contributed by atoms with van der Waals surface area (Å²) in [6.45, 7) is 1.55. The Kier molecular flexibility index (Phi) is 4.03. The lowest BCUT2D eigenvalue weighted by Crippen LogP contribution is -2.26. The van der Waals surface area contributed by atoms with E-state index in [1.165, 1.54) is 6.07 Å². The number of hydrogen-bond donors (Lipinski definition) is 3. The van der Waals surface area contributed by atoms with Crippen LogP contribution in [0.15, 0.2) is 35.2 Å². The van der Waals surface area contributed by atoms with Gasteiger partial charge < -0.3 is 15.4 Å². The summed E-state index contributed by atoms with van der Waals surface area (Å²) >= 11 is 0. The topological polar surface area (TPSA) is 114 Å². The Morgan fingerprint density at radius 3 is 2.59 bits per heavy atom. The van der Waals surface area contributed by atoms with E-state index in [9.17, 15) is 18.0 Å². The molecule has 0 aliphatic carbocycles. The molecule has 3 N–H and O–H groups in total. The fraction of sp³-hybridized carbons (Fsp3) is 0.222. The van der Waals surface area contributed by atoms with Gasteiger partial charge in [-0.2, -0.15) is 0 Å². The fourth-order valence-electron chi connectivity index (χ4n) is 3.14. The molecule has 0 unspecified atom stereocenters. The first-order valence-electron chi connectivity index (χ1n) is 8.35. The summed E-state index contributed by atoms with van der Waals surface area (Å²) in [4.78, 5) is 23.1. The molecule has 0 saturated carbocycles. The second-order valence-electron chi connectivity index (χ2n) is 6.48. The summed E-state index contributed by atoms with van der Waals surface area (Å²) in [6, 6.07) is 8.01. The third-order valence-corrected chi connectivity index (χ3v) is 5.98. The van der Waals surface area contributed by atoms with E-state index < -0.39 is 10.0 Å². The van der Waals surface area contributed by atoms with E-state index in [1.807, 2.05) is 0 Å². The lowest BCUT2D eigenvalue weighted by Gasteiger charge is -2.21. The molecule has 4 rings (SSSR count). The van der Waals surface area contributed by atoms with Crippen molar-refractivity contribution < 1.29 is 22.7 Å². The lowest BCUT2D eigenvalue weighted by atomic mass is 10.0. The van der Waals surface area contributed by atoms with Crippen LogP contribution in [0.25, 0.3) is 0 Å². The normalized spacial score (nSPS) is 15.7. The van der Waals surface area contributed by atoms with Gasteiger partial charge in [-0.3, -0.25) is 14.3 Å². The number of carbonyl (C=O) groups excluding carboxylic acids is 2. The van der Waals surface area contributed by atoms with Crippen LogP contribution >= 0.6 is 0 Å². The number of amides is 2. The number of ether oxygens (including phenoxy) is 1. The van der Waals surface area contributed by atoms with Crippen LogP contribution < -0.4 is 20.1 Å². The zero-order chi connectivity index (χ0) is 19.2. The van der Waals surface area contributed by atoms with Gasteiger partial charge >= 0.3 is 0 Å². The predicted octanol–water partition coefficient (Wildman–Crippen LogP) is 2.01. The van der Waals surface area contributed by atoms with Crippen LogP contribution in [0.2, 0.25) is 0 Å². The minimum Gasteiger partial charge on any atom is -0.482 e. The van der Waals surface area contributed by atoms with Crippen LogP contribution in [-0.4, -0.2) is 26.8 Å². The lowest BCUT2D eigenvalue weighted by molar-refractivity contribution is -0.118. The van der Waals surface area contributed by atoms with Crippen molar-refractivity contribution in [3.63, 3.8) is 0 Å². The highest BCUT2D eigenvalue weighted by molar-refractivity contribution is 7.92. The number of hydrogen-bond acceptors (Lipinski definition) is 5. The molecular weight excluding hydrogens is 370 g/mol. The van der Waals surface area contributed by atoms with Crippen molar-refractivity contribution >= 4 is 38.9 Å². The molecular formula is C18H17N3O5S. The summed E-state index contributed by atoms with van der Waals surface area (Å²) in [7, 11) is -3.90. The summed E-state index contributed by atoms with van der Waals surface area (Å²) in [5.41, 5.74) is 2.71. The molecule has 9 heteroatoms. The monoisotopic (exact) mass is 387 g/mol. The van der Waals surface area contributed by atoms with Crippen LogP contribution in [0.5, 0.6) is 5.75 Å². The molecule has 2 aliphatic heterocycles. The van der Waals surface area contributed by atoms with Gasteiger partial charge in [0.1, 0.15) is 5.75 Å². The molecule has 0 radical (unpaired) electrons. The molecule has 2 aliphatic rings. The highest BCUT2D eigenvalue weighted by Gasteiger charge is 2.24. The van der Waals surface area contributed by atoms with Crippen LogP contribution in [-0.2, 0) is 26.0 Å². The average molecular weight is 387 g/mol. The maximum absolute atomic E-state index is 12.9. The molecule has 2 aromatic rings. The number of benzene rings is 2. The Bertz CT molecular complexity index is 1080. The second-order valence-corrected chi connectivity index (χ2v) is 8.13. The smallest absolute Gasteiger partial charge is 0.262 e. The van der Waals surface area contributed by atoms with E-state index in [0.29, 0.717) is 41.2 Å². The first-order valence-corrected chi connectivity index (χ1v) is 9.83. The van der Waals surface area contributed by atoms with Gasteiger partial charge in [-0.05, 0) is 48.7 Å². The molecule has 2 amide bonds. The van der Waals surface area contributed by atoms with E-state index in [4.69, 9.17) is 4.74 Å². The van der Waals surface area contributed by atoms with Crippen molar-refractivity contribution in [3.05, 3.63) is 41.5 Å². The van der Waals surface area contributed by atoms with Crippen LogP contribution in [0.3, 0.4) is 0 Å². The second kappa shape index (κ2) is 6.27. The maximum Gasteiger partial charge on any atom is 0.262 e. The van der Waals surface area contributed by atoms with E-state index >= 15 is 0 Å². The Morgan fingerprint density at radius 2 is 1.78 bits per heavy atom. The minimum atomic E-state index is -3.90. The van der Waals surface area contributed by atoms with Gasteiger partial charge in [-0.15, -0.1) is 0 Å². The fourth-order valence-corrected chi connectivity index (χ4v) is 4.45. The van der Waals surface area contributed by atoms with Gasteiger partial charge in [-0.1, -0.05) is 6.07 Å². The molecule has 0 saturated heterocycles. The van der Waals surface area contributed by atoms with E-state index in [1.54, 1.807) is 31.2 Å². The highest BCUT2D eigenvalue weighted by atomic mass is 32.2. The van der Waals surface area contributed by atoms with Crippen LogP contribution in [0.4, 0.5) is 17.1 Å². The van der Waals surface area contributed by atoms with Gasteiger partial charge in [0.05, 0.1) is 16.3 Å². The van der Waals surface area contributed by atoms with E-state index in [-0.39, 0.29) is 23.3 Å². The first kappa shape index (κ1) is 17.3. The molecule has 0 atom stereocenters. The molecule has 140 valence electrons. The third-order valence-electron chi connectivity index (χ3n) is 4.46. The SMILES string of the molecule is Cc1cc2c(cc1S(=O)(=O)Nc1ccc3c(c1)NC(=O)CC3)NC(=O)CO2. The molecule has 8 nitrogen and oxygen atoms in total. The Labute approximate surface area is 156 Å². The van der Waals surface area contributed by atoms with Gasteiger partial charge in [0.2, 0.25) is 5.91 Å². The summed E-state index contributed by atoms with van der Waals surface area (Å²) < 4.78 is 33.6. The van der Waals surface area contributed by atoms with Crippen LogP contribution in [0, 0.1) is 6.92 Å². The van der Waals surface area contributed by atoms with Crippen molar-refractivity contribution in [2.24, 2.45) is 0 Å². The summed E-state index contributed by atoms with van der Waals surface area (Å²) in [6.07, 6.45) is 1.04. The van der Waals surface area contributed by atoms with Crippen molar-refractivity contribution in [1.29, 1.82) is 0 Å². The zero-order valence-electron chi connectivity index (χ0n) is 14.5. The molecule has 0 aromatic heterocycles. The average Bonchev–Trinajstić information content (AvgIpc) is 2.60. The van der Waals surface area contributed by atoms with E-state index in [2.05, 4.69) is 15.4 Å². The Balaban J connectivity index is 1.66. The number of rotatable bonds is 3. The third kappa shape index (κ3) is 3.33. The number of nitrogens with one attached hydrogen (secondary N) is 3. The van der Waals surface area contributed by atoms with E-state index in [0.717, 1.165) is 5.56 Å². The standard InChI is InChI=1S/C18H17N3O5S/c1-10-6-15-14(20-18(23)9-26-15)8-16(10)27(24,25)21-12-4-2-11-3-5-17(22)19-13(11)7-12/h2,4,6-8,21H,3,5,9H2,1H3,(H,19,22)(H,20,23). The minimum absolute atomic E-state index is 0.0359. The number of anilines is 3. The van der Waals surface area contributed by atoms with Gasteiger partial charge in [0.25, 0.3) is 15.9 Å². The number of fused-ring (bicyclic) bond motifs is 2. The summed E-state index contributed by atoms with van der Waals surface area (Å²) in [5, 5.41) is 5.35. The summed E-state index contributed by atoms with van der Waals surface area (Å²) in [5.74, 6) is -0.000544. The molecule has 2 aromatic carbocycles.